The van der Waals surface area contributed by atoms with Crippen LogP contribution in [0.5, 0.6) is 0 Å². The van der Waals surface area contributed by atoms with E-state index in [4.69, 9.17) is 0 Å². The van der Waals surface area contributed by atoms with Crippen molar-refractivity contribution in [1.82, 2.24) is 0 Å². The van der Waals surface area contributed by atoms with Crippen LogP contribution in [0.4, 0.5) is 0 Å². The number of rotatable bonds is 0. The molecule has 0 radical (unpaired) electrons. The Labute approximate surface area is 122 Å². The number of benzene rings is 1. The third kappa shape index (κ3) is 5.01. The minimum absolute atomic E-state index is 0.785. The maximum atomic E-state index is 2.40. The van der Waals surface area contributed by atoms with E-state index in [0.717, 1.165) is 5.92 Å². The van der Waals surface area contributed by atoms with Crippen LogP contribution in [0.1, 0.15) is 88.6 Å². The van der Waals surface area contributed by atoms with Gasteiger partial charge in [-0.3, -0.25) is 0 Å². The number of fused-ring (bicyclic) bond motifs is 1. The smallest absolute Gasteiger partial charge is 0.0184 e. The van der Waals surface area contributed by atoms with Gasteiger partial charge >= 0.3 is 0 Å². The van der Waals surface area contributed by atoms with E-state index in [1.165, 1.54) is 24.0 Å². The molecule has 112 valence electrons. The average molecular weight is 264 g/mol. The number of hydrogen-bond acceptors (Lipinski definition) is 0. The summed E-state index contributed by atoms with van der Waals surface area (Å²) in [5.74, 6) is 0.785. The lowest BCUT2D eigenvalue weighted by atomic mass is 9.93. The standard InChI is InChI=1S/C13H18.3C2H6/c1-8-5-6-12-11(4)10(3)9(2)7-13(8)12;3*1-2/h7-8H,5-6H2,1-4H3;3*1-2H3. The zero-order chi connectivity index (χ0) is 15.6. The van der Waals surface area contributed by atoms with E-state index in [-0.39, 0.29) is 0 Å². The summed E-state index contributed by atoms with van der Waals surface area (Å²) in [5, 5.41) is 0. The molecule has 0 fully saturated rings. The fraction of sp³-hybridized carbons (Fsp3) is 0.684. The van der Waals surface area contributed by atoms with Gasteiger partial charge in [-0.05, 0) is 67.3 Å². The largest absolute Gasteiger partial charge is 0.0683 e. The van der Waals surface area contributed by atoms with Crippen LogP contribution in [0.25, 0.3) is 0 Å². The second kappa shape index (κ2) is 11.1. The van der Waals surface area contributed by atoms with E-state index in [9.17, 15) is 0 Å². The highest BCUT2D eigenvalue weighted by molar-refractivity contribution is 5.48. The first-order valence-electron chi connectivity index (χ1n) is 8.21. The molecule has 2 rings (SSSR count). The highest BCUT2D eigenvalue weighted by Gasteiger charge is 2.21. The molecule has 0 nitrogen and oxygen atoms in total. The Morgan fingerprint density at radius 1 is 0.842 bits per heavy atom. The molecule has 0 aromatic heterocycles. The Hall–Kier alpha value is -0.780. The molecule has 0 spiro atoms. The molecular formula is C19H36. The van der Waals surface area contributed by atoms with Gasteiger partial charge in [-0.25, -0.2) is 0 Å². The molecule has 0 heterocycles. The van der Waals surface area contributed by atoms with Gasteiger partial charge in [-0.2, -0.15) is 0 Å². The van der Waals surface area contributed by atoms with E-state index in [1.54, 1.807) is 16.7 Å². The van der Waals surface area contributed by atoms with Crippen LogP contribution in [-0.4, -0.2) is 0 Å². The van der Waals surface area contributed by atoms with Gasteiger partial charge in [0.25, 0.3) is 0 Å². The summed E-state index contributed by atoms with van der Waals surface area (Å²) >= 11 is 0. The molecule has 0 saturated carbocycles. The topological polar surface area (TPSA) is 0 Å². The quantitative estimate of drug-likeness (QED) is 0.486. The number of hydrogen-bond donors (Lipinski definition) is 0. The van der Waals surface area contributed by atoms with E-state index < -0.39 is 0 Å². The van der Waals surface area contributed by atoms with Gasteiger partial charge < -0.3 is 0 Å². The van der Waals surface area contributed by atoms with Crippen LogP contribution < -0.4 is 0 Å². The van der Waals surface area contributed by atoms with Crippen molar-refractivity contribution in [2.24, 2.45) is 0 Å². The molecule has 19 heavy (non-hydrogen) atoms. The molecule has 0 N–H and O–H groups in total. The zero-order valence-corrected chi connectivity index (χ0v) is 15.1. The van der Waals surface area contributed by atoms with Gasteiger partial charge in [-0.1, -0.05) is 54.5 Å². The first kappa shape index (κ1) is 20.5. The van der Waals surface area contributed by atoms with Crippen LogP contribution in [0.15, 0.2) is 6.07 Å². The molecule has 0 saturated heterocycles. The highest BCUT2D eigenvalue weighted by Crippen LogP contribution is 2.36. The molecule has 0 aliphatic heterocycles. The van der Waals surface area contributed by atoms with E-state index in [0.29, 0.717) is 0 Å². The minimum Gasteiger partial charge on any atom is -0.0683 e. The summed E-state index contributed by atoms with van der Waals surface area (Å²) in [6.07, 6.45) is 2.64. The molecule has 0 bridgehead atoms. The summed E-state index contributed by atoms with van der Waals surface area (Å²) in [4.78, 5) is 0. The van der Waals surface area contributed by atoms with E-state index in [1.807, 2.05) is 41.5 Å². The van der Waals surface area contributed by atoms with Crippen molar-refractivity contribution in [2.75, 3.05) is 0 Å². The van der Waals surface area contributed by atoms with E-state index >= 15 is 0 Å². The Bertz CT molecular complexity index is 348. The van der Waals surface area contributed by atoms with Crippen molar-refractivity contribution in [3.8, 4) is 0 Å². The molecule has 1 aromatic rings. The predicted octanol–water partition coefficient (Wildman–Crippen LogP) is 6.74. The molecule has 0 amide bonds. The van der Waals surface area contributed by atoms with Gasteiger partial charge in [0.2, 0.25) is 0 Å². The van der Waals surface area contributed by atoms with Crippen molar-refractivity contribution >= 4 is 0 Å². The second-order valence-electron chi connectivity index (χ2n) is 4.45. The molecular weight excluding hydrogens is 228 g/mol. The monoisotopic (exact) mass is 264 g/mol. The van der Waals surface area contributed by atoms with Crippen LogP contribution in [0.3, 0.4) is 0 Å². The van der Waals surface area contributed by atoms with Crippen molar-refractivity contribution in [2.45, 2.75) is 88.0 Å². The van der Waals surface area contributed by atoms with Gasteiger partial charge in [0.1, 0.15) is 0 Å². The van der Waals surface area contributed by atoms with Gasteiger partial charge in [-0.15, -0.1) is 0 Å². The lowest BCUT2D eigenvalue weighted by Gasteiger charge is -2.12. The lowest BCUT2D eigenvalue weighted by Crippen LogP contribution is -1.95. The van der Waals surface area contributed by atoms with Gasteiger partial charge in [0.05, 0.1) is 0 Å². The summed E-state index contributed by atoms with van der Waals surface area (Å²) in [5.41, 5.74) is 7.74. The number of aryl methyl sites for hydroxylation is 1. The van der Waals surface area contributed by atoms with Crippen molar-refractivity contribution < 1.29 is 0 Å². The third-order valence-electron chi connectivity index (χ3n) is 3.69. The molecule has 0 heteroatoms. The van der Waals surface area contributed by atoms with Crippen molar-refractivity contribution in [1.29, 1.82) is 0 Å². The summed E-state index contributed by atoms with van der Waals surface area (Å²) in [7, 11) is 0. The normalized spacial score (nSPS) is 14.9. The summed E-state index contributed by atoms with van der Waals surface area (Å²) < 4.78 is 0. The zero-order valence-electron chi connectivity index (χ0n) is 15.1. The first-order valence-corrected chi connectivity index (χ1v) is 8.21. The lowest BCUT2D eigenvalue weighted by molar-refractivity contribution is 0.747. The van der Waals surface area contributed by atoms with Gasteiger partial charge in [0.15, 0.2) is 0 Å². The highest BCUT2D eigenvalue weighted by atomic mass is 14.3. The van der Waals surface area contributed by atoms with Crippen LogP contribution in [0.2, 0.25) is 0 Å². The third-order valence-corrected chi connectivity index (χ3v) is 3.69. The molecule has 1 atom stereocenters. The molecule has 1 aliphatic carbocycles. The molecule has 1 unspecified atom stereocenters. The van der Waals surface area contributed by atoms with E-state index in [2.05, 4.69) is 33.8 Å². The maximum absolute atomic E-state index is 2.40. The summed E-state index contributed by atoms with van der Waals surface area (Å²) in [6.45, 7) is 21.1. The Kier molecular flexibility index (Phi) is 12.0. The Morgan fingerprint density at radius 2 is 1.32 bits per heavy atom. The fourth-order valence-corrected chi connectivity index (χ4v) is 2.46. The Balaban J connectivity index is 0. The predicted molar refractivity (Wildman–Crippen MR) is 91.4 cm³/mol. The van der Waals surface area contributed by atoms with Crippen molar-refractivity contribution in [3.05, 3.63) is 33.9 Å². The average Bonchev–Trinajstić information content (AvgIpc) is 2.84. The summed E-state index contributed by atoms with van der Waals surface area (Å²) in [6, 6.07) is 2.40. The fourth-order valence-electron chi connectivity index (χ4n) is 2.46. The second-order valence-corrected chi connectivity index (χ2v) is 4.45. The SMILES string of the molecule is CC.CC.CC.Cc1cc2c(c(C)c1C)CCC2C. The van der Waals surface area contributed by atoms with Crippen molar-refractivity contribution in [3.63, 3.8) is 0 Å². The minimum atomic E-state index is 0.785. The van der Waals surface area contributed by atoms with Crippen LogP contribution in [-0.2, 0) is 6.42 Å². The molecule has 1 aliphatic rings. The molecule has 1 aromatic carbocycles. The first-order chi connectivity index (χ1) is 9.11. The van der Waals surface area contributed by atoms with Crippen LogP contribution in [0, 0.1) is 20.8 Å². The van der Waals surface area contributed by atoms with Crippen LogP contribution >= 0.6 is 0 Å². The maximum Gasteiger partial charge on any atom is -0.0184 e. The van der Waals surface area contributed by atoms with Gasteiger partial charge in [0, 0.05) is 0 Å². The Morgan fingerprint density at radius 3 is 1.79 bits per heavy atom.